The maximum absolute atomic E-state index is 12.4. The van der Waals surface area contributed by atoms with E-state index in [1.807, 2.05) is 0 Å². The number of fused-ring (bicyclic) bond motifs is 1. The van der Waals surface area contributed by atoms with Gasteiger partial charge in [0.05, 0.1) is 18.0 Å². The highest BCUT2D eigenvalue weighted by molar-refractivity contribution is 7.89. The van der Waals surface area contributed by atoms with Gasteiger partial charge in [0.1, 0.15) is 0 Å². The lowest BCUT2D eigenvalue weighted by Gasteiger charge is -2.38. The van der Waals surface area contributed by atoms with Crippen molar-refractivity contribution in [3.63, 3.8) is 0 Å². The van der Waals surface area contributed by atoms with Crippen molar-refractivity contribution in [2.45, 2.75) is 37.0 Å². The SMILES string of the molecule is CN(C)S(=O)(=O)c1ccc(NC(=O)C[NH+]2CC[C@@H]3CCCC[C@@H]3C2)cc1. The van der Waals surface area contributed by atoms with Crippen molar-refractivity contribution in [2.75, 3.05) is 39.0 Å². The number of quaternary nitrogens is 1. The van der Waals surface area contributed by atoms with Gasteiger partial charge in [-0.3, -0.25) is 4.79 Å². The van der Waals surface area contributed by atoms with Crippen LogP contribution in [0.1, 0.15) is 32.1 Å². The van der Waals surface area contributed by atoms with Crippen LogP contribution < -0.4 is 10.2 Å². The maximum atomic E-state index is 12.4. The van der Waals surface area contributed by atoms with Gasteiger partial charge >= 0.3 is 0 Å². The Morgan fingerprint density at radius 3 is 2.42 bits per heavy atom. The lowest BCUT2D eigenvalue weighted by Crippen LogP contribution is -3.15. The topological polar surface area (TPSA) is 70.9 Å². The zero-order valence-electron chi connectivity index (χ0n) is 15.7. The van der Waals surface area contributed by atoms with Gasteiger partial charge < -0.3 is 10.2 Å². The first-order valence-corrected chi connectivity index (χ1v) is 11.0. The predicted molar refractivity (Wildman–Crippen MR) is 102 cm³/mol. The second kappa shape index (κ2) is 8.06. The highest BCUT2D eigenvalue weighted by Crippen LogP contribution is 2.32. The summed E-state index contributed by atoms with van der Waals surface area (Å²) in [6.45, 7) is 2.67. The molecule has 0 spiro atoms. The number of carbonyl (C=O) groups is 1. The molecule has 1 aromatic carbocycles. The smallest absolute Gasteiger partial charge is 0.279 e. The number of anilines is 1. The summed E-state index contributed by atoms with van der Waals surface area (Å²) in [4.78, 5) is 14.0. The molecule has 1 amide bonds. The van der Waals surface area contributed by atoms with Gasteiger partial charge in [-0.25, -0.2) is 12.7 Å². The van der Waals surface area contributed by atoms with E-state index in [1.54, 1.807) is 12.1 Å². The van der Waals surface area contributed by atoms with Crippen LogP contribution in [0.4, 0.5) is 5.69 Å². The number of rotatable bonds is 5. The Balaban J connectivity index is 1.53. The Bertz CT molecular complexity index is 731. The zero-order chi connectivity index (χ0) is 18.7. The number of amides is 1. The van der Waals surface area contributed by atoms with Crippen LogP contribution in [0.3, 0.4) is 0 Å². The molecular formula is C19H30N3O3S+. The average Bonchev–Trinajstić information content (AvgIpc) is 2.62. The summed E-state index contributed by atoms with van der Waals surface area (Å²) in [5.41, 5.74) is 0.639. The molecule has 26 heavy (non-hydrogen) atoms. The summed E-state index contributed by atoms with van der Waals surface area (Å²) in [6.07, 6.45) is 6.63. The molecule has 1 aliphatic heterocycles. The molecule has 1 heterocycles. The molecule has 6 nitrogen and oxygen atoms in total. The summed E-state index contributed by atoms with van der Waals surface area (Å²) >= 11 is 0. The fourth-order valence-electron chi connectivity index (χ4n) is 4.31. The molecule has 2 N–H and O–H groups in total. The van der Waals surface area contributed by atoms with Crippen LogP contribution in [0.5, 0.6) is 0 Å². The molecule has 0 aromatic heterocycles. The lowest BCUT2D eigenvalue weighted by molar-refractivity contribution is -0.902. The Morgan fingerprint density at radius 2 is 1.77 bits per heavy atom. The van der Waals surface area contributed by atoms with Crippen LogP contribution in [0.25, 0.3) is 0 Å². The van der Waals surface area contributed by atoms with Crippen molar-refractivity contribution < 1.29 is 18.1 Å². The molecule has 7 heteroatoms. The van der Waals surface area contributed by atoms with Gasteiger partial charge in [-0.2, -0.15) is 0 Å². The van der Waals surface area contributed by atoms with Crippen molar-refractivity contribution in [3.8, 4) is 0 Å². The van der Waals surface area contributed by atoms with E-state index in [2.05, 4.69) is 5.32 Å². The van der Waals surface area contributed by atoms with Gasteiger partial charge in [-0.15, -0.1) is 0 Å². The number of benzene rings is 1. The summed E-state index contributed by atoms with van der Waals surface area (Å²) in [6, 6.07) is 6.37. The van der Waals surface area contributed by atoms with E-state index in [0.717, 1.165) is 24.9 Å². The first kappa shape index (κ1) is 19.3. The number of hydrogen-bond donors (Lipinski definition) is 2. The third-order valence-corrected chi connectivity index (χ3v) is 7.64. The standard InChI is InChI=1S/C19H29N3O3S/c1-21(2)26(24,25)18-9-7-17(8-10-18)20-19(23)14-22-12-11-15-5-3-4-6-16(15)13-22/h7-10,15-16H,3-6,11-14H2,1-2H3,(H,20,23)/p+1/t15-,16+/m0/s1. The van der Waals surface area contributed by atoms with E-state index in [1.165, 1.54) is 67.5 Å². The van der Waals surface area contributed by atoms with Gasteiger partial charge in [0.15, 0.2) is 6.54 Å². The first-order chi connectivity index (χ1) is 12.4. The molecule has 1 saturated heterocycles. The van der Waals surface area contributed by atoms with Crippen LogP contribution in [-0.2, 0) is 14.8 Å². The van der Waals surface area contributed by atoms with Crippen LogP contribution in [0.2, 0.25) is 0 Å². The van der Waals surface area contributed by atoms with Crippen LogP contribution in [0.15, 0.2) is 29.2 Å². The highest BCUT2D eigenvalue weighted by Gasteiger charge is 2.34. The molecule has 0 bridgehead atoms. The third kappa shape index (κ3) is 4.45. The van der Waals surface area contributed by atoms with Gasteiger partial charge in [0.25, 0.3) is 5.91 Å². The zero-order valence-corrected chi connectivity index (χ0v) is 16.5. The number of likely N-dealkylation sites (tertiary alicyclic amines) is 1. The second-order valence-corrected chi connectivity index (χ2v) is 9.99. The molecule has 144 valence electrons. The number of sulfonamides is 1. The summed E-state index contributed by atoms with van der Waals surface area (Å²) in [7, 11) is -0.433. The number of nitrogens with zero attached hydrogens (tertiary/aromatic N) is 1. The molecule has 1 saturated carbocycles. The van der Waals surface area contributed by atoms with Crippen molar-refractivity contribution >= 4 is 21.6 Å². The first-order valence-electron chi connectivity index (χ1n) is 9.52. The minimum Gasteiger partial charge on any atom is -0.327 e. The number of carbonyl (C=O) groups excluding carboxylic acids is 1. The van der Waals surface area contributed by atoms with Crippen molar-refractivity contribution in [2.24, 2.45) is 11.8 Å². The van der Waals surface area contributed by atoms with Gasteiger partial charge in [-0.05, 0) is 49.4 Å². The molecule has 1 aromatic rings. The van der Waals surface area contributed by atoms with Crippen LogP contribution >= 0.6 is 0 Å². The quantitative estimate of drug-likeness (QED) is 0.800. The van der Waals surface area contributed by atoms with Gasteiger partial charge in [0.2, 0.25) is 10.0 Å². The summed E-state index contributed by atoms with van der Waals surface area (Å²) in [5, 5.41) is 2.90. The van der Waals surface area contributed by atoms with Gasteiger partial charge in [-0.1, -0.05) is 12.8 Å². The highest BCUT2D eigenvalue weighted by atomic mass is 32.2. The molecule has 1 unspecified atom stereocenters. The van der Waals surface area contributed by atoms with Crippen LogP contribution in [0, 0.1) is 11.8 Å². The Kier molecular flexibility index (Phi) is 5.99. The lowest BCUT2D eigenvalue weighted by atomic mass is 9.75. The number of nitrogens with one attached hydrogen (secondary N) is 2. The molecule has 2 fully saturated rings. The van der Waals surface area contributed by atoms with E-state index in [9.17, 15) is 13.2 Å². The predicted octanol–water partition coefficient (Wildman–Crippen LogP) is 0.970. The molecule has 0 radical (unpaired) electrons. The molecular weight excluding hydrogens is 350 g/mol. The average molecular weight is 381 g/mol. The van der Waals surface area contributed by atoms with Crippen molar-refractivity contribution in [1.82, 2.24) is 4.31 Å². The van der Waals surface area contributed by atoms with E-state index < -0.39 is 10.0 Å². The monoisotopic (exact) mass is 380 g/mol. The summed E-state index contributed by atoms with van der Waals surface area (Å²) in [5.74, 6) is 1.66. The third-order valence-electron chi connectivity index (χ3n) is 5.81. The van der Waals surface area contributed by atoms with E-state index in [0.29, 0.717) is 12.2 Å². The Labute approximate surface area is 156 Å². The normalized spacial score (nSPS) is 26.3. The maximum Gasteiger partial charge on any atom is 0.279 e. The fourth-order valence-corrected chi connectivity index (χ4v) is 5.21. The van der Waals surface area contributed by atoms with E-state index in [-0.39, 0.29) is 10.8 Å². The molecule has 3 rings (SSSR count). The van der Waals surface area contributed by atoms with E-state index in [4.69, 9.17) is 0 Å². The minimum absolute atomic E-state index is 0.00234. The second-order valence-electron chi connectivity index (χ2n) is 7.83. The minimum atomic E-state index is -3.44. The van der Waals surface area contributed by atoms with Crippen molar-refractivity contribution in [1.29, 1.82) is 0 Å². The molecule has 2 aliphatic rings. The number of hydrogen-bond acceptors (Lipinski definition) is 3. The molecule has 1 aliphatic carbocycles. The van der Waals surface area contributed by atoms with Crippen molar-refractivity contribution in [3.05, 3.63) is 24.3 Å². The Morgan fingerprint density at radius 1 is 1.12 bits per heavy atom. The van der Waals surface area contributed by atoms with E-state index >= 15 is 0 Å². The van der Waals surface area contributed by atoms with Crippen LogP contribution in [-0.4, -0.2) is 52.4 Å². The fraction of sp³-hybridized carbons (Fsp3) is 0.632. The summed E-state index contributed by atoms with van der Waals surface area (Å²) < 4.78 is 25.3. The van der Waals surface area contributed by atoms with Gasteiger partial charge in [0, 0.05) is 25.7 Å². The number of piperidine rings is 1. The molecule has 3 atom stereocenters. The largest absolute Gasteiger partial charge is 0.327 e. The Hall–Kier alpha value is -1.44.